The Bertz CT molecular complexity index is 223. The van der Waals surface area contributed by atoms with Crippen LogP contribution in [0.4, 0.5) is 0 Å². The first kappa shape index (κ1) is 14.6. The van der Waals surface area contributed by atoms with E-state index in [2.05, 4.69) is 18.7 Å². The molecular weight excluding hydrogens is 218 g/mol. The quantitative estimate of drug-likeness (QED) is 0.648. The summed E-state index contributed by atoms with van der Waals surface area (Å²) in [6.45, 7) is 7.00. The molecule has 0 aromatic rings. The van der Waals surface area contributed by atoms with Crippen molar-refractivity contribution >= 4 is 6.29 Å². The van der Waals surface area contributed by atoms with E-state index >= 15 is 0 Å². The van der Waals surface area contributed by atoms with Gasteiger partial charge >= 0.3 is 0 Å². The molecule has 1 N–H and O–H groups in total. The van der Waals surface area contributed by atoms with Gasteiger partial charge in [-0.15, -0.1) is 0 Å². The second kappa shape index (κ2) is 7.09. The molecule has 4 heteroatoms. The summed E-state index contributed by atoms with van der Waals surface area (Å²) in [5.41, 5.74) is -0.349. The first-order valence-corrected chi connectivity index (χ1v) is 6.60. The van der Waals surface area contributed by atoms with Crippen LogP contribution in [0.1, 0.15) is 33.1 Å². The van der Waals surface area contributed by atoms with Gasteiger partial charge in [0.15, 0.2) is 0 Å². The van der Waals surface area contributed by atoms with Gasteiger partial charge in [-0.25, -0.2) is 0 Å². The molecule has 0 saturated carbocycles. The second-order valence-corrected chi connectivity index (χ2v) is 4.95. The van der Waals surface area contributed by atoms with Gasteiger partial charge in [0, 0.05) is 25.7 Å². The Balaban J connectivity index is 2.66. The first-order chi connectivity index (χ1) is 8.21. The molecule has 0 aromatic heterocycles. The molecule has 17 heavy (non-hydrogen) atoms. The predicted octanol–water partition coefficient (Wildman–Crippen LogP) is 1.07. The molecule has 0 aromatic carbocycles. The smallest absolute Gasteiger partial charge is 0.129 e. The molecule has 1 heterocycles. The fourth-order valence-corrected chi connectivity index (χ4v) is 2.61. The van der Waals surface area contributed by atoms with Crippen molar-refractivity contribution in [2.75, 3.05) is 32.9 Å². The highest BCUT2D eigenvalue weighted by atomic mass is 16.5. The standard InChI is InChI=1S/C13H25NO3/c1-3-12(4-2)14(6-7-15)9-13(10-16)5-8-17-11-13/h10,12,15H,3-9,11H2,1-2H3. The maximum atomic E-state index is 11.3. The summed E-state index contributed by atoms with van der Waals surface area (Å²) in [5.74, 6) is 0. The average Bonchev–Trinajstić information content (AvgIpc) is 2.80. The van der Waals surface area contributed by atoms with Crippen molar-refractivity contribution in [1.82, 2.24) is 4.90 Å². The van der Waals surface area contributed by atoms with Crippen LogP contribution in [0.25, 0.3) is 0 Å². The Morgan fingerprint density at radius 1 is 1.47 bits per heavy atom. The minimum absolute atomic E-state index is 0.145. The van der Waals surface area contributed by atoms with Crippen LogP contribution in [0.2, 0.25) is 0 Å². The number of ether oxygens (including phenoxy) is 1. The molecule has 1 aliphatic rings. The van der Waals surface area contributed by atoms with Crippen molar-refractivity contribution in [3.8, 4) is 0 Å². The van der Waals surface area contributed by atoms with Gasteiger partial charge < -0.3 is 14.6 Å². The summed E-state index contributed by atoms with van der Waals surface area (Å²) in [7, 11) is 0. The largest absolute Gasteiger partial charge is 0.395 e. The van der Waals surface area contributed by atoms with E-state index in [-0.39, 0.29) is 12.0 Å². The molecule has 1 rings (SSSR count). The van der Waals surface area contributed by atoms with Crippen molar-refractivity contribution in [1.29, 1.82) is 0 Å². The lowest BCUT2D eigenvalue weighted by Gasteiger charge is -2.35. The summed E-state index contributed by atoms with van der Waals surface area (Å²) in [6, 6.07) is 0.444. The maximum Gasteiger partial charge on any atom is 0.129 e. The van der Waals surface area contributed by atoms with Gasteiger partial charge in [-0.05, 0) is 19.3 Å². The zero-order valence-corrected chi connectivity index (χ0v) is 11.0. The van der Waals surface area contributed by atoms with E-state index in [4.69, 9.17) is 9.84 Å². The molecule has 0 radical (unpaired) electrons. The highest BCUT2D eigenvalue weighted by molar-refractivity contribution is 5.60. The number of carbonyl (C=O) groups excluding carboxylic acids is 1. The average molecular weight is 243 g/mol. The van der Waals surface area contributed by atoms with Crippen LogP contribution < -0.4 is 0 Å². The molecule has 0 aliphatic carbocycles. The molecule has 1 aliphatic heterocycles. The summed E-state index contributed by atoms with van der Waals surface area (Å²) in [4.78, 5) is 13.5. The molecule has 0 bridgehead atoms. The number of carbonyl (C=O) groups is 1. The van der Waals surface area contributed by atoms with Gasteiger partial charge in [-0.1, -0.05) is 13.8 Å². The molecule has 4 nitrogen and oxygen atoms in total. The Hall–Kier alpha value is -0.450. The van der Waals surface area contributed by atoms with Crippen LogP contribution in [0, 0.1) is 5.41 Å². The minimum atomic E-state index is -0.349. The minimum Gasteiger partial charge on any atom is -0.395 e. The van der Waals surface area contributed by atoms with E-state index < -0.39 is 0 Å². The van der Waals surface area contributed by atoms with Gasteiger partial charge in [0.25, 0.3) is 0 Å². The Morgan fingerprint density at radius 2 is 2.18 bits per heavy atom. The number of rotatable bonds is 8. The zero-order chi connectivity index (χ0) is 12.7. The number of nitrogens with zero attached hydrogens (tertiary/aromatic N) is 1. The normalized spacial score (nSPS) is 24.8. The molecule has 100 valence electrons. The Labute approximate surface area is 104 Å². The van der Waals surface area contributed by atoms with Crippen LogP contribution >= 0.6 is 0 Å². The van der Waals surface area contributed by atoms with Crippen LogP contribution in [0.3, 0.4) is 0 Å². The summed E-state index contributed by atoms with van der Waals surface area (Å²) in [5, 5.41) is 9.15. The monoisotopic (exact) mass is 243 g/mol. The topological polar surface area (TPSA) is 49.8 Å². The fraction of sp³-hybridized carbons (Fsp3) is 0.923. The molecular formula is C13H25NO3. The van der Waals surface area contributed by atoms with Gasteiger partial charge in [-0.3, -0.25) is 4.90 Å². The molecule has 1 saturated heterocycles. The lowest BCUT2D eigenvalue weighted by atomic mass is 9.87. The molecule has 1 unspecified atom stereocenters. The van der Waals surface area contributed by atoms with Crippen molar-refractivity contribution in [2.24, 2.45) is 5.41 Å². The predicted molar refractivity (Wildman–Crippen MR) is 67.0 cm³/mol. The van der Waals surface area contributed by atoms with Gasteiger partial charge in [-0.2, -0.15) is 0 Å². The number of aliphatic hydroxyl groups excluding tert-OH is 1. The van der Waals surface area contributed by atoms with Gasteiger partial charge in [0.2, 0.25) is 0 Å². The van der Waals surface area contributed by atoms with Gasteiger partial charge in [0.1, 0.15) is 6.29 Å². The third kappa shape index (κ3) is 3.76. The van der Waals surface area contributed by atoms with Crippen LogP contribution in [-0.2, 0) is 9.53 Å². The fourth-order valence-electron chi connectivity index (χ4n) is 2.61. The SMILES string of the molecule is CCC(CC)N(CCO)CC1(C=O)CCOC1. The second-order valence-electron chi connectivity index (χ2n) is 4.95. The summed E-state index contributed by atoms with van der Waals surface area (Å²) in [6.07, 6.45) is 3.95. The van der Waals surface area contributed by atoms with Gasteiger partial charge in [0.05, 0.1) is 18.6 Å². The number of aliphatic hydroxyl groups is 1. The third-order valence-corrected chi connectivity index (χ3v) is 3.75. The highest BCUT2D eigenvalue weighted by Gasteiger charge is 2.37. The molecule has 1 atom stereocenters. The van der Waals surface area contributed by atoms with E-state index in [0.29, 0.717) is 32.3 Å². The number of aldehydes is 1. The highest BCUT2D eigenvalue weighted by Crippen LogP contribution is 2.28. The first-order valence-electron chi connectivity index (χ1n) is 6.60. The molecule has 0 spiro atoms. The Kier molecular flexibility index (Phi) is 6.09. The summed E-state index contributed by atoms with van der Waals surface area (Å²) < 4.78 is 5.36. The maximum absolute atomic E-state index is 11.3. The van der Waals surface area contributed by atoms with Crippen molar-refractivity contribution in [3.63, 3.8) is 0 Å². The van der Waals surface area contributed by atoms with E-state index in [1.807, 2.05) is 0 Å². The number of hydrogen-bond acceptors (Lipinski definition) is 4. The van der Waals surface area contributed by atoms with Crippen LogP contribution in [0.15, 0.2) is 0 Å². The lowest BCUT2D eigenvalue weighted by molar-refractivity contribution is -0.117. The van der Waals surface area contributed by atoms with Crippen molar-refractivity contribution in [3.05, 3.63) is 0 Å². The van der Waals surface area contributed by atoms with Crippen LogP contribution in [-0.4, -0.2) is 55.2 Å². The molecule has 0 amide bonds. The van der Waals surface area contributed by atoms with Crippen molar-refractivity contribution < 1.29 is 14.6 Å². The summed E-state index contributed by atoms with van der Waals surface area (Å²) >= 11 is 0. The molecule has 1 fully saturated rings. The van der Waals surface area contributed by atoms with E-state index in [0.717, 1.165) is 25.5 Å². The van der Waals surface area contributed by atoms with E-state index in [1.165, 1.54) is 0 Å². The van der Waals surface area contributed by atoms with E-state index in [9.17, 15) is 4.79 Å². The number of hydrogen-bond donors (Lipinski definition) is 1. The lowest BCUT2D eigenvalue weighted by Crippen LogP contribution is -2.45. The van der Waals surface area contributed by atoms with Crippen LogP contribution in [0.5, 0.6) is 0 Å². The third-order valence-electron chi connectivity index (χ3n) is 3.75. The Morgan fingerprint density at radius 3 is 2.59 bits per heavy atom. The van der Waals surface area contributed by atoms with Crippen molar-refractivity contribution in [2.45, 2.75) is 39.2 Å². The zero-order valence-electron chi connectivity index (χ0n) is 11.0. The van der Waals surface area contributed by atoms with E-state index in [1.54, 1.807) is 0 Å².